The van der Waals surface area contributed by atoms with Gasteiger partial charge >= 0.3 is 0 Å². The Hall–Kier alpha value is -2.03. The van der Waals surface area contributed by atoms with Crippen LogP contribution in [0.4, 0.5) is 0 Å². The molecule has 2 N–H and O–H groups in total. The number of ether oxygens (including phenoxy) is 1. The van der Waals surface area contributed by atoms with E-state index in [1.165, 1.54) is 11.3 Å². The first-order valence-electron chi connectivity index (χ1n) is 9.77. The topological polar surface area (TPSA) is 87.6 Å². The molecule has 2 aliphatic rings. The highest BCUT2D eigenvalue weighted by Crippen LogP contribution is 2.36. The fourth-order valence-corrected chi connectivity index (χ4v) is 5.00. The molecule has 2 aromatic rings. The first kappa shape index (κ1) is 19.3. The van der Waals surface area contributed by atoms with Gasteiger partial charge in [-0.25, -0.2) is 4.98 Å². The number of hydrogen-bond donors (Lipinski definition) is 2. The monoisotopic (exact) mass is 402 g/mol. The summed E-state index contributed by atoms with van der Waals surface area (Å²) in [6, 6.07) is 3.36. The lowest BCUT2D eigenvalue weighted by molar-refractivity contribution is -0.143. The van der Waals surface area contributed by atoms with Crippen LogP contribution >= 0.6 is 11.3 Å². The minimum Gasteiger partial charge on any atom is -0.506 e. The number of aryl methyl sites for hydroxylation is 1. The van der Waals surface area contributed by atoms with Crippen molar-refractivity contribution in [2.75, 3.05) is 19.7 Å². The lowest BCUT2D eigenvalue weighted by Crippen LogP contribution is -2.63. The Morgan fingerprint density at radius 2 is 2.36 bits per heavy atom. The third kappa shape index (κ3) is 3.90. The van der Waals surface area contributed by atoms with Crippen molar-refractivity contribution in [3.8, 4) is 5.75 Å². The third-order valence-electron chi connectivity index (χ3n) is 5.76. The molecule has 8 heteroatoms. The summed E-state index contributed by atoms with van der Waals surface area (Å²) in [6.07, 6.45) is 5.70. The van der Waals surface area contributed by atoms with E-state index in [1.807, 2.05) is 6.92 Å². The minimum atomic E-state index is -0.394. The minimum absolute atomic E-state index is 0.0321. The molecular formula is C20H26N4O3S. The number of hydrogen-bond acceptors (Lipinski definition) is 7. The average Bonchev–Trinajstić information content (AvgIpc) is 3.12. The van der Waals surface area contributed by atoms with Crippen molar-refractivity contribution in [2.45, 2.75) is 50.8 Å². The van der Waals surface area contributed by atoms with Crippen LogP contribution in [0.15, 0.2) is 23.8 Å². The molecule has 1 aliphatic heterocycles. The van der Waals surface area contributed by atoms with Crippen molar-refractivity contribution in [1.82, 2.24) is 20.2 Å². The number of pyridine rings is 1. The van der Waals surface area contributed by atoms with Gasteiger partial charge in [-0.1, -0.05) is 12.8 Å². The van der Waals surface area contributed by atoms with Crippen molar-refractivity contribution >= 4 is 17.2 Å². The largest absolute Gasteiger partial charge is 0.506 e. The fraction of sp³-hybridized carbons (Fsp3) is 0.550. The summed E-state index contributed by atoms with van der Waals surface area (Å²) in [5, 5.41) is 13.3. The predicted molar refractivity (Wildman–Crippen MR) is 106 cm³/mol. The van der Waals surface area contributed by atoms with Crippen LogP contribution in [0.3, 0.4) is 0 Å². The van der Waals surface area contributed by atoms with Crippen molar-refractivity contribution < 1.29 is 14.6 Å². The van der Waals surface area contributed by atoms with Gasteiger partial charge in [0.05, 0.1) is 29.5 Å². The Bertz CT molecular complexity index is 838. The predicted octanol–water partition coefficient (Wildman–Crippen LogP) is 2.50. The molecule has 0 radical (unpaired) electrons. The van der Waals surface area contributed by atoms with Gasteiger partial charge in [-0.3, -0.25) is 14.7 Å². The van der Waals surface area contributed by atoms with Gasteiger partial charge in [0.25, 0.3) is 5.91 Å². The molecule has 1 saturated heterocycles. The normalized spacial score (nSPS) is 25.7. The van der Waals surface area contributed by atoms with Crippen molar-refractivity contribution in [3.63, 3.8) is 0 Å². The SMILES string of the molecule is Cc1ncsc1C(=O)N[C@H]1CCCC[C@]12CN(Cc1ncccc1O)CCO2. The maximum Gasteiger partial charge on any atom is 0.263 e. The molecule has 150 valence electrons. The van der Waals surface area contributed by atoms with E-state index in [0.717, 1.165) is 44.5 Å². The summed E-state index contributed by atoms with van der Waals surface area (Å²) in [5.41, 5.74) is 2.76. The van der Waals surface area contributed by atoms with Gasteiger partial charge in [0.1, 0.15) is 16.2 Å². The van der Waals surface area contributed by atoms with Crippen LogP contribution in [0.5, 0.6) is 5.75 Å². The number of morpholine rings is 1. The smallest absolute Gasteiger partial charge is 0.263 e. The second-order valence-electron chi connectivity index (χ2n) is 7.63. The second kappa shape index (κ2) is 8.14. The molecule has 1 amide bonds. The number of rotatable bonds is 4. The molecule has 1 spiro atoms. The Balaban J connectivity index is 1.49. The van der Waals surface area contributed by atoms with Gasteiger partial charge in [-0.2, -0.15) is 0 Å². The Morgan fingerprint density at radius 1 is 1.46 bits per heavy atom. The first-order valence-corrected chi connectivity index (χ1v) is 10.7. The van der Waals surface area contributed by atoms with E-state index in [2.05, 4.69) is 20.2 Å². The van der Waals surface area contributed by atoms with Gasteiger partial charge in [0, 0.05) is 25.8 Å². The zero-order chi connectivity index (χ0) is 19.6. The Labute approximate surface area is 168 Å². The molecule has 7 nitrogen and oxygen atoms in total. The van der Waals surface area contributed by atoms with Crippen molar-refractivity contribution in [2.24, 2.45) is 0 Å². The summed E-state index contributed by atoms with van der Waals surface area (Å²) in [7, 11) is 0. The van der Waals surface area contributed by atoms with Crippen LogP contribution in [0.25, 0.3) is 0 Å². The average molecular weight is 403 g/mol. The quantitative estimate of drug-likeness (QED) is 0.817. The number of aromatic nitrogens is 2. The Kier molecular flexibility index (Phi) is 5.61. The second-order valence-corrected chi connectivity index (χ2v) is 8.49. The third-order valence-corrected chi connectivity index (χ3v) is 6.69. The van der Waals surface area contributed by atoms with E-state index in [0.29, 0.717) is 23.7 Å². The highest BCUT2D eigenvalue weighted by molar-refractivity contribution is 7.11. The molecular weight excluding hydrogens is 376 g/mol. The van der Waals surface area contributed by atoms with E-state index in [9.17, 15) is 9.90 Å². The Morgan fingerprint density at radius 3 is 3.14 bits per heavy atom. The zero-order valence-electron chi connectivity index (χ0n) is 16.1. The number of aromatic hydroxyl groups is 1. The van der Waals surface area contributed by atoms with Gasteiger partial charge < -0.3 is 15.2 Å². The molecule has 0 bridgehead atoms. The highest BCUT2D eigenvalue weighted by atomic mass is 32.1. The molecule has 3 heterocycles. The van der Waals surface area contributed by atoms with E-state index >= 15 is 0 Å². The van der Waals surface area contributed by atoms with Crippen LogP contribution in [0.1, 0.15) is 46.7 Å². The maximum absolute atomic E-state index is 12.8. The van der Waals surface area contributed by atoms with Gasteiger partial charge in [0.15, 0.2) is 0 Å². The molecule has 2 aromatic heterocycles. The van der Waals surface area contributed by atoms with Crippen LogP contribution in [0.2, 0.25) is 0 Å². The number of nitrogens with one attached hydrogen (secondary N) is 1. The first-order chi connectivity index (χ1) is 13.6. The van der Waals surface area contributed by atoms with Crippen LogP contribution < -0.4 is 5.32 Å². The lowest BCUT2D eigenvalue weighted by Gasteiger charge is -2.49. The van der Waals surface area contributed by atoms with E-state index in [1.54, 1.807) is 23.8 Å². The maximum atomic E-state index is 12.8. The van der Waals surface area contributed by atoms with E-state index in [-0.39, 0.29) is 17.7 Å². The van der Waals surface area contributed by atoms with Crippen molar-refractivity contribution in [3.05, 3.63) is 40.1 Å². The number of carbonyl (C=O) groups excluding carboxylic acids is 1. The zero-order valence-corrected chi connectivity index (χ0v) is 16.9. The molecule has 28 heavy (non-hydrogen) atoms. The summed E-state index contributed by atoms with van der Waals surface area (Å²) in [5.74, 6) is 0.159. The number of nitrogens with zero attached hydrogens (tertiary/aromatic N) is 3. The molecule has 0 unspecified atom stereocenters. The number of amides is 1. The highest BCUT2D eigenvalue weighted by Gasteiger charge is 2.46. The molecule has 4 rings (SSSR count). The molecule has 0 aromatic carbocycles. The van der Waals surface area contributed by atoms with E-state index in [4.69, 9.17) is 4.74 Å². The number of thiazole rings is 1. The molecule has 1 saturated carbocycles. The lowest BCUT2D eigenvalue weighted by atomic mass is 9.78. The van der Waals surface area contributed by atoms with Gasteiger partial charge in [-0.15, -0.1) is 11.3 Å². The summed E-state index contributed by atoms with van der Waals surface area (Å²) in [6.45, 7) is 4.55. The summed E-state index contributed by atoms with van der Waals surface area (Å²) in [4.78, 5) is 24.2. The number of carbonyl (C=O) groups is 1. The summed E-state index contributed by atoms with van der Waals surface area (Å²) < 4.78 is 6.31. The molecule has 2 fully saturated rings. The summed E-state index contributed by atoms with van der Waals surface area (Å²) >= 11 is 1.37. The van der Waals surface area contributed by atoms with Crippen LogP contribution in [-0.2, 0) is 11.3 Å². The van der Waals surface area contributed by atoms with E-state index < -0.39 is 5.60 Å². The standard InChI is InChI=1S/C20H26N4O3S/c1-14-18(28-13-22-14)19(26)23-17-6-2-3-7-20(17)12-24(9-10-27-20)11-15-16(25)5-4-8-21-15/h4-5,8,13,17,25H,2-3,6-7,9-12H2,1H3,(H,23,26)/t17-,20-/m0/s1. The van der Waals surface area contributed by atoms with Gasteiger partial charge in [0.2, 0.25) is 0 Å². The van der Waals surface area contributed by atoms with Gasteiger partial charge in [-0.05, 0) is 31.9 Å². The fourth-order valence-electron chi connectivity index (χ4n) is 4.30. The van der Waals surface area contributed by atoms with Crippen LogP contribution in [-0.4, -0.2) is 57.2 Å². The molecule has 2 atom stereocenters. The van der Waals surface area contributed by atoms with Crippen molar-refractivity contribution in [1.29, 1.82) is 0 Å². The van der Waals surface area contributed by atoms with Crippen LogP contribution in [0, 0.1) is 6.92 Å². The molecule has 1 aliphatic carbocycles.